The normalized spacial score (nSPS) is 10.7. The maximum atomic E-state index is 12.1. The average Bonchev–Trinajstić information content (AvgIpc) is 3.29. The molecule has 0 aliphatic rings. The molecule has 0 saturated carbocycles. The third kappa shape index (κ3) is 4.89. The van der Waals surface area contributed by atoms with E-state index in [4.69, 9.17) is 0 Å². The highest BCUT2D eigenvalue weighted by molar-refractivity contribution is 7.99. The van der Waals surface area contributed by atoms with Crippen molar-refractivity contribution in [2.75, 3.05) is 11.1 Å². The second-order valence-corrected chi connectivity index (χ2v) is 7.47. The second-order valence-electron chi connectivity index (χ2n) is 6.48. The molecule has 144 valence electrons. The van der Waals surface area contributed by atoms with Gasteiger partial charge in [0.05, 0.1) is 17.8 Å². The topological polar surface area (TPSA) is 72.7 Å². The molecular weight excluding hydrogens is 382 g/mol. The van der Waals surface area contributed by atoms with Gasteiger partial charge in [0.25, 0.3) is 0 Å². The van der Waals surface area contributed by atoms with Crippen LogP contribution < -0.4 is 5.32 Å². The number of hydrogen-bond acceptors (Lipinski definition) is 5. The third-order valence-corrected chi connectivity index (χ3v) is 5.21. The summed E-state index contributed by atoms with van der Waals surface area (Å²) in [6.07, 6.45) is 5.41. The fourth-order valence-electron chi connectivity index (χ4n) is 2.74. The van der Waals surface area contributed by atoms with Gasteiger partial charge in [0.15, 0.2) is 0 Å². The summed E-state index contributed by atoms with van der Waals surface area (Å²) in [6.45, 7) is 2.01. The fourth-order valence-corrected chi connectivity index (χ4v) is 3.35. The van der Waals surface area contributed by atoms with Crippen molar-refractivity contribution in [3.8, 4) is 16.9 Å². The fraction of sp³-hybridized carbons (Fsp3) is 0.0909. The van der Waals surface area contributed by atoms with Crippen LogP contribution in [0.2, 0.25) is 0 Å². The van der Waals surface area contributed by atoms with E-state index < -0.39 is 0 Å². The lowest BCUT2D eigenvalue weighted by Gasteiger charge is -2.06. The van der Waals surface area contributed by atoms with E-state index in [0.717, 1.165) is 28.2 Å². The summed E-state index contributed by atoms with van der Waals surface area (Å²) >= 11 is 1.36. The van der Waals surface area contributed by atoms with Crippen molar-refractivity contribution in [1.29, 1.82) is 0 Å². The lowest BCUT2D eigenvalue weighted by atomic mass is 10.1. The number of anilines is 1. The maximum absolute atomic E-state index is 12.1. The molecule has 0 radical (unpaired) electrons. The number of nitrogens with zero attached hydrogens (tertiary/aromatic N) is 4. The van der Waals surface area contributed by atoms with Gasteiger partial charge in [-0.05, 0) is 43.3 Å². The lowest BCUT2D eigenvalue weighted by Crippen LogP contribution is -2.14. The number of aryl methyl sites for hydroxylation is 1. The van der Waals surface area contributed by atoms with Crippen LogP contribution in [0.4, 0.5) is 5.69 Å². The Balaban J connectivity index is 1.34. The number of carbonyl (C=O) groups is 1. The van der Waals surface area contributed by atoms with Crippen LogP contribution in [0, 0.1) is 6.92 Å². The summed E-state index contributed by atoms with van der Waals surface area (Å²) in [7, 11) is 0. The van der Waals surface area contributed by atoms with Gasteiger partial charge in [-0.3, -0.25) is 4.79 Å². The van der Waals surface area contributed by atoms with Crippen molar-refractivity contribution in [3.63, 3.8) is 0 Å². The molecule has 0 bridgehead atoms. The van der Waals surface area contributed by atoms with E-state index in [1.807, 2.05) is 78.4 Å². The Kier molecular flexibility index (Phi) is 5.67. The molecule has 7 heteroatoms. The molecule has 2 heterocycles. The van der Waals surface area contributed by atoms with Crippen LogP contribution in [-0.2, 0) is 4.79 Å². The minimum absolute atomic E-state index is 0.0696. The molecule has 1 amide bonds. The molecule has 0 atom stereocenters. The Labute approximate surface area is 173 Å². The molecule has 2 aromatic carbocycles. The monoisotopic (exact) mass is 401 g/mol. The number of aromatic nitrogens is 4. The van der Waals surface area contributed by atoms with Crippen LogP contribution in [-0.4, -0.2) is 31.4 Å². The van der Waals surface area contributed by atoms with Gasteiger partial charge in [0.2, 0.25) is 5.91 Å². The summed E-state index contributed by atoms with van der Waals surface area (Å²) < 4.78 is 1.94. The van der Waals surface area contributed by atoms with Crippen molar-refractivity contribution in [2.24, 2.45) is 0 Å². The number of carbonyl (C=O) groups excluding carboxylic acids is 1. The standard InChI is InChI=1S/C22H19N5OS/c1-16-2-6-18(7-3-16)24-21(28)14-29-22-11-10-20(25-26-22)17-4-8-19(9-5-17)27-13-12-23-15-27/h2-13,15H,14H2,1H3,(H,24,28). The first-order valence-electron chi connectivity index (χ1n) is 9.09. The number of amides is 1. The van der Waals surface area contributed by atoms with E-state index >= 15 is 0 Å². The van der Waals surface area contributed by atoms with Gasteiger partial charge < -0.3 is 9.88 Å². The highest BCUT2D eigenvalue weighted by Gasteiger charge is 2.07. The SMILES string of the molecule is Cc1ccc(NC(=O)CSc2ccc(-c3ccc(-n4ccnc4)cc3)nn2)cc1. The largest absolute Gasteiger partial charge is 0.325 e. The summed E-state index contributed by atoms with van der Waals surface area (Å²) in [5.41, 5.74) is 4.75. The highest BCUT2D eigenvalue weighted by atomic mass is 32.2. The molecule has 0 fully saturated rings. The number of hydrogen-bond donors (Lipinski definition) is 1. The summed E-state index contributed by atoms with van der Waals surface area (Å²) in [6, 6.07) is 19.5. The Morgan fingerprint density at radius 1 is 1.00 bits per heavy atom. The quantitative estimate of drug-likeness (QED) is 0.486. The van der Waals surface area contributed by atoms with Gasteiger partial charge in [-0.1, -0.05) is 41.6 Å². The molecule has 29 heavy (non-hydrogen) atoms. The van der Waals surface area contributed by atoms with Gasteiger partial charge in [-0.2, -0.15) is 0 Å². The summed E-state index contributed by atoms with van der Waals surface area (Å²) in [5, 5.41) is 12.1. The molecule has 6 nitrogen and oxygen atoms in total. The highest BCUT2D eigenvalue weighted by Crippen LogP contribution is 2.21. The zero-order chi connectivity index (χ0) is 20.1. The molecule has 4 rings (SSSR count). The van der Waals surface area contributed by atoms with Gasteiger partial charge in [0, 0.05) is 29.3 Å². The van der Waals surface area contributed by atoms with Crippen molar-refractivity contribution < 1.29 is 4.79 Å². The second kappa shape index (κ2) is 8.70. The predicted octanol–water partition coefficient (Wildman–Crippen LogP) is 4.37. The molecule has 0 unspecified atom stereocenters. The number of nitrogens with one attached hydrogen (secondary N) is 1. The van der Waals surface area contributed by atoms with E-state index in [1.165, 1.54) is 11.8 Å². The van der Waals surface area contributed by atoms with Gasteiger partial charge in [0.1, 0.15) is 5.03 Å². The van der Waals surface area contributed by atoms with Crippen molar-refractivity contribution in [1.82, 2.24) is 19.7 Å². The molecular formula is C22H19N5OS. The number of rotatable bonds is 6. The van der Waals surface area contributed by atoms with E-state index in [9.17, 15) is 4.79 Å². The van der Waals surface area contributed by atoms with Crippen LogP contribution in [0.15, 0.2) is 84.4 Å². The molecule has 4 aromatic rings. The van der Waals surface area contributed by atoms with Crippen LogP contribution in [0.5, 0.6) is 0 Å². The van der Waals surface area contributed by atoms with Crippen LogP contribution in [0.1, 0.15) is 5.56 Å². The van der Waals surface area contributed by atoms with Gasteiger partial charge in [-0.25, -0.2) is 4.98 Å². The number of benzene rings is 2. The van der Waals surface area contributed by atoms with Crippen LogP contribution in [0.25, 0.3) is 16.9 Å². The number of thioether (sulfide) groups is 1. The van der Waals surface area contributed by atoms with Crippen LogP contribution >= 0.6 is 11.8 Å². The van der Waals surface area contributed by atoms with Crippen LogP contribution in [0.3, 0.4) is 0 Å². The summed E-state index contributed by atoms with van der Waals surface area (Å²) in [5.74, 6) is 0.210. The zero-order valence-electron chi connectivity index (χ0n) is 15.8. The van der Waals surface area contributed by atoms with Crippen molar-refractivity contribution in [3.05, 3.63) is 84.9 Å². The third-order valence-electron chi connectivity index (χ3n) is 4.29. The molecule has 0 saturated heterocycles. The predicted molar refractivity (Wildman–Crippen MR) is 115 cm³/mol. The molecule has 0 aliphatic heterocycles. The average molecular weight is 401 g/mol. The minimum Gasteiger partial charge on any atom is -0.325 e. The minimum atomic E-state index is -0.0696. The van der Waals surface area contributed by atoms with Gasteiger partial charge >= 0.3 is 0 Å². The Morgan fingerprint density at radius 2 is 1.79 bits per heavy atom. The summed E-state index contributed by atoms with van der Waals surface area (Å²) in [4.78, 5) is 16.2. The molecule has 0 aliphatic carbocycles. The number of imidazole rings is 1. The van der Waals surface area contributed by atoms with Crippen molar-refractivity contribution >= 4 is 23.4 Å². The van der Waals surface area contributed by atoms with E-state index in [1.54, 1.807) is 12.5 Å². The van der Waals surface area contributed by atoms with E-state index in [2.05, 4.69) is 20.5 Å². The van der Waals surface area contributed by atoms with E-state index in [-0.39, 0.29) is 11.7 Å². The first kappa shape index (κ1) is 18.9. The Morgan fingerprint density at radius 3 is 2.45 bits per heavy atom. The first-order valence-corrected chi connectivity index (χ1v) is 10.1. The molecule has 0 spiro atoms. The first-order chi connectivity index (χ1) is 14.2. The van der Waals surface area contributed by atoms with Gasteiger partial charge in [-0.15, -0.1) is 10.2 Å². The zero-order valence-corrected chi connectivity index (χ0v) is 16.6. The van der Waals surface area contributed by atoms with E-state index in [0.29, 0.717) is 5.03 Å². The van der Waals surface area contributed by atoms with Crippen molar-refractivity contribution in [2.45, 2.75) is 11.9 Å². The maximum Gasteiger partial charge on any atom is 0.234 e. The Bertz CT molecular complexity index is 1080. The molecule has 2 aromatic heterocycles. The Hall–Kier alpha value is -3.45. The lowest BCUT2D eigenvalue weighted by molar-refractivity contribution is -0.113. The molecule has 1 N–H and O–H groups in total. The smallest absolute Gasteiger partial charge is 0.234 e.